The molecular formula is C7H5F2N3O3S. The van der Waals surface area contributed by atoms with E-state index in [9.17, 15) is 22.0 Å². The van der Waals surface area contributed by atoms with E-state index in [0.29, 0.717) is 6.07 Å². The van der Waals surface area contributed by atoms with Crippen molar-refractivity contribution in [1.82, 2.24) is 4.98 Å². The van der Waals surface area contributed by atoms with Crippen LogP contribution in [0.2, 0.25) is 0 Å². The summed E-state index contributed by atoms with van der Waals surface area (Å²) >= 11 is 0. The molecule has 1 aromatic heterocycles. The van der Waals surface area contributed by atoms with Crippen LogP contribution in [0.5, 0.6) is 0 Å². The second-order valence-corrected chi connectivity index (χ2v) is 4.28. The van der Waals surface area contributed by atoms with Crippen LogP contribution in [0.25, 0.3) is 0 Å². The molecule has 1 aromatic rings. The number of hydrogen-bond donors (Lipinski definition) is 2. The first-order chi connectivity index (χ1) is 7.27. The van der Waals surface area contributed by atoms with E-state index in [1.165, 1.54) is 6.07 Å². The Hall–Kier alpha value is -1.79. The van der Waals surface area contributed by atoms with Crippen LogP contribution in [0, 0.1) is 11.3 Å². The summed E-state index contributed by atoms with van der Waals surface area (Å²) < 4.78 is 46.8. The number of nitrogens with two attached hydrogens (primary N) is 1. The number of nitrogens with one attached hydrogen (secondary N) is 1. The molecule has 0 unspecified atom stereocenters. The molecule has 0 aliphatic rings. The second-order valence-electron chi connectivity index (χ2n) is 2.75. The number of aromatic nitrogens is 1. The van der Waals surface area contributed by atoms with Gasteiger partial charge in [0.1, 0.15) is 17.3 Å². The molecule has 0 aliphatic carbocycles. The van der Waals surface area contributed by atoms with Crippen LogP contribution >= 0.6 is 0 Å². The molecule has 1 rings (SSSR count). The highest BCUT2D eigenvalue weighted by Crippen LogP contribution is 2.22. The van der Waals surface area contributed by atoms with Crippen LogP contribution in [-0.4, -0.2) is 13.4 Å². The van der Waals surface area contributed by atoms with Gasteiger partial charge in [-0.2, -0.15) is 5.26 Å². The zero-order valence-electron chi connectivity index (χ0n) is 7.57. The topological polar surface area (TPSA) is 117 Å². The number of nitrogens with zero attached hydrogens (tertiary/aromatic N) is 1. The standard InChI is InChI=1S/C7H5F2N3O3S/c8-6(9)5-4(16(11,14)15)1-3(2-10)12-7(5)13/h1,6H,(H,12,13)(H2,11,14,15). The number of rotatable bonds is 2. The quantitative estimate of drug-likeness (QED) is 0.756. The van der Waals surface area contributed by atoms with Crippen LogP contribution in [0.3, 0.4) is 0 Å². The van der Waals surface area contributed by atoms with Gasteiger partial charge in [0.2, 0.25) is 10.0 Å². The predicted molar refractivity (Wildman–Crippen MR) is 48.1 cm³/mol. The van der Waals surface area contributed by atoms with Crippen molar-refractivity contribution in [2.45, 2.75) is 11.3 Å². The Kier molecular flexibility index (Phi) is 3.06. The third-order valence-corrected chi connectivity index (χ3v) is 2.63. The molecule has 0 atom stereocenters. The summed E-state index contributed by atoms with van der Waals surface area (Å²) in [6.45, 7) is 0. The van der Waals surface area contributed by atoms with Gasteiger partial charge in [0, 0.05) is 0 Å². The highest BCUT2D eigenvalue weighted by molar-refractivity contribution is 7.89. The van der Waals surface area contributed by atoms with E-state index >= 15 is 0 Å². The van der Waals surface area contributed by atoms with E-state index in [4.69, 9.17) is 5.26 Å². The van der Waals surface area contributed by atoms with Gasteiger partial charge in [-0.3, -0.25) is 4.79 Å². The summed E-state index contributed by atoms with van der Waals surface area (Å²) in [7, 11) is -4.48. The number of alkyl halides is 2. The van der Waals surface area contributed by atoms with Gasteiger partial charge < -0.3 is 4.98 Å². The molecule has 0 bridgehead atoms. The zero-order chi connectivity index (χ0) is 12.5. The van der Waals surface area contributed by atoms with E-state index in [1.54, 1.807) is 4.98 Å². The molecule has 0 saturated heterocycles. The maximum atomic E-state index is 12.4. The summed E-state index contributed by atoms with van der Waals surface area (Å²) in [4.78, 5) is 11.9. The Morgan fingerprint density at radius 3 is 2.44 bits per heavy atom. The minimum atomic E-state index is -4.48. The van der Waals surface area contributed by atoms with Crippen molar-refractivity contribution in [1.29, 1.82) is 5.26 Å². The Labute approximate surface area is 88.4 Å². The molecule has 86 valence electrons. The Bertz CT molecular complexity index is 615. The Balaban J connectivity index is 3.76. The first kappa shape index (κ1) is 12.3. The van der Waals surface area contributed by atoms with Gasteiger partial charge in [-0.25, -0.2) is 22.3 Å². The van der Waals surface area contributed by atoms with Crippen molar-refractivity contribution in [3.63, 3.8) is 0 Å². The number of primary sulfonamides is 1. The lowest BCUT2D eigenvalue weighted by Crippen LogP contribution is -2.23. The predicted octanol–water partition coefficient (Wildman–Crippen LogP) is -0.168. The van der Waals surface area contributed by atoms with Crippen LogP contribution in [0.4, 0.5) is 8.78 Å². The summed E-state index contributed by atoms with van der Waals surface area (Å²) in [6.07, 6.45) is -3.30. The summed E-state index contributed by atoms with van der Waals surface area (Å²) in [5, 5.41) is 13.1. The molecule has 0 aliphatic heterocycles. The number of pyridine rings is 1. The Morgan fingerprint density at radius 1 is 1.50 bits per heavy atom. The van der Waals surface area contributed by atoms with Crippen molar-refractivity contribution < 1.29 is 17.2 Å². The summed E-state index contributed by atoms with van der Waals surface area (Å²) in [5.74, 6) is 0. The number of nitriles is 1. The fourth-order valence-electron chi connectivity index (χ4n) is 1.05. The van der Waals surface area contributed by atoms with Crippen molar-refractivity contribution in [2.75, 3.05) is 0 Å². The Morgan fingerprint density at radius 2 is 2.06 bits per heavy atom. The fraction of sp³-hybridized carbons (Fsp3) is 0.143. The van der Waals surface area contributed by atoms with E-state index in [1.807, 2.05) is 0 Å². The SMILES string of the molecule is N#Cc1cc(S(N)(=O)=O)c(C(F)F)c(=O)[nH]1. The number of hydrogen-bond acceptors (Lipinski definition) is 4. The van der Waals surface area contributed by atoms with Crippen molar-refractivity contribution in [3.05, 3.63) is 27.7 Å². The molecule has 0 radical (unpaired) electrons. The van der Waals surface area contributed by atoms with Crippen LogP contribution in [0.15, 0.2) is 15.8 Å². The van der Waals surface area contributed by atoms with Gasteiger partial charge in [-0.05, 0) is 6.07 Å². The molecule has 16 heavy (non-hydrogen) atoms. The van der Waals surface area contributed by atoms with Crippen LogP contribution < -0.4 is 10.7 Å². The van der Waals surface area contributed by atoms with E-state index < -0.39 is 38.2 Å². The third-order valence-electron chi connectivity index (χ3n) is 1.68. The lowest BCUT2D eigenvalue weighted by molar-refractivity contribution is 0.146. The first-order valence-electron chi connectivity index (χ1n) is 3.75. The van der Waals surface area contributed by atoms with Gasteiger partial charge in [0.15, 0.2) is 0 Å². The zero-order valence-corrected chi connectivity index (χ0v) is 8.38. The van der Waals surface area contributed by atoms with Gasteiger partial charge in [-0.15, -0.1) is 0 Å². The van der Waals surface area contributed by atoms with Gasteiger partial charge in [-0.1, -0.05) is 0 Å². The maximum Gasteiger partial charge on any atom is 0.270 e. The number of sulfonamides is 1. The fourth-order valence-corrected chi connectivity index (χ4v) is 1.82. The minimum absolute atomic E-state index is 0.460. The summed E-state index contributed by atoms with van der Waals surface area (Å²) in [5.41, 5.74) is -3.07. The average molecular weight is 249 g/mol. The van der Waals surface area contributed by atoms with Gasteiger partial charge in [0.25, 0.3) is 12.0 Å². The second kappa shape index (κ2) is 3.99. The molecule has 0 amide bonds. The molecule has 0 saturated carbocycles. The normalized spacial score (nSPS) is 11.4. The molecule has 0 spiro atoms. The highest BCUT2D eigenvalue weighted by atomic mass is 32.2. The van der Waals surface area contributed by atoms with Crippen LogP contribution in [-0.2, 0) is 10.0 Å². The molecule has 0 aromatic carbocycles. The lowest BCUT2D eigenvalue weighted by atomic mass is 10.2. The van der Waals surface area contributed by atoms with Crippen molar-refractivity contribution in [3.8, 4) is 6.07 Å². The van der Waals surface area contributed by atoms with E-state index in [2.05, 4.69) is 5.14 Å². The van der Waals surface area contributed by atoms with Crippen molar-refractivity contribution >= 4 is 10.0 Å². The number of aromatic amines is 1. The third kappa shape index (κ3) is 2.23. The molecule has 6 nitrogen and oxygen atoms in total. The largest absolute Gasteiger partial charge is 0.313 e. The highest BCUT2D eigenvalue weighted by Gasteiger charge is 2.25. The molecule has 9 heteroatoms. The lowest BCUT2D eigenvalue weighted by Gasteiger charge is -2.05. The molecule has 3 N–H and O–H groups in total. The monoisotopic (exact) mass is 249 g/mol. The van der Waals surface area contributed by atoms with Gasteiger partial charge >= 0.3 is 0 Å². The van der Waals surface area contributed by atoms with Crippen molar-refractivity contribution in [2.24, 2.45) is 5.14 Å². The van der Waals surface area contributed by atoms with E-state index in [-0.39, 0.29) is 0 Å². The number of halogens is 2. The maximum absolute atomic E-state index is 12.4. The minimum Gasteiger partial charge on any atom is -0.313 e. The smallest absolute Gasteiger partial charge is 0.270 e. The first-order valence-corrected chi connectivity index (χ1v) is 5.30. The number of H-pyrrole nitrogens is 1. The van der Waals surface area contributed by atoms with Crippen LogP contribution in [0.1, 0.15) is 17.7 Å². The average Bonchev–Trinajstić information content (AvgIpc) is 2.14. The summed E-state index contributed by atoms with van der Waals surface area (Å²) in [6, 6.07) is 2.02. The van der Waals surface area contributed by atoms with E-state index in [0.717, 1.165) is 0 Å². The molecular weight excluding hydrogens is 244 g/mol. The van der Waals surface area contributed by atoms with Gasteiger partial charge in [0.05, 0.1) is 4.90 Å². The molecule has 0 fully saturated rings. The molecule has 1 heterocycles.